The fourth-order valence-corrected chi connectivity index (χ4v) is 1.45. The van der Waals surface area contributed by atoms with Crippen LogP contribution in [0.4, 0.5) is 0 Å². The van der Waals surface area contributed by atoms with E-state index >= 15 is 0 Å². The fraction of sp³-hybridized carbons (Fsp3) is 0.700. The second-order valence-electron chi connectivity index (χ2n) is 4.32. The lowest BCUT2D eigenvalue weighted by Gasteiger charge is -2.05. The number of rotatable bonds is 3. The molecule has 0 spiro atoms. The minimum absolute atomic E-state index is 0.398. The second-order valence-corrected chi connectivity index (χ2v) is 4.32. The summed E-state index contributed by atoms with van der Waals surface area (Å²) < 4.78 is 1.93. The van der Waals surface area contributed by atoms with E-state index in [1.807, 2.05) is 17.1 Å². The van der Waals surface area contributed by atoms with Crippen LogP contribution in [0.3, 0.4) is 0 Å². The van der Waals surface area contributed by atoms with E-state index in [0.29, 0.717) is 6.04 Å². The Morgan fingerprint density at radius 3 is 2.77 bits per heavy atom. The molecule has 0 amide bonds. The third-order valence-electron chi connectivity index (χ3n) is 2.54. The molecule has 0 aliphatic heterocycles. The molecule has 0 aromatic carbocycles. The molecule has 0 saturated heterocycles. The molecule has 1 saturated carbocycles. The Hall–Kier alpha value is -0.830. The zero-order valence-electron chi connectivity index (χ0n) is 8.20. The summed E-state index contributed by atoms with van der Waals surface area (Å²) in [4.78, 5) is 0. The summed E-state index contributed by atoms with van der Waals surface area (Å²) >= 11 is 0. The van der Waals surface area contributed by atoms with Crippen LogP contribution in [0, 0.1) is 0 Å². The van der Waals surface area contributed by atoms with Crippen LogP contribution in [0.1, 0.15) is 38.3 Å². The molecule has 0 radical (unpaired) electrons. The van der Waals surface area contributed by atoms with E-state index in [4.69, 9.17) is 0 Å². The lowest BCUT2D eigenvalue weighted by Crippen LogP contribution is -2.10. The summed E-state index contributed by atoms with van der Waals surface area (Å²) in [5, 5.41) is 13.9. The molecular weight excluding hydrogens is 164 g/mol. The maximum Gasteiger partial charge on any atom is 0.0691 e. The summed E-state index contributed by atoms with van der Waals surface area (Å²) in [6, 6.07) is 0.405. The molecule has 1 aromatic heterocycles. The summed E-state index contributed by atoms with van der Waals surface area (Å²) in [5.41, 5.74) is 0.749. The highest BCUT2D eigenvalue weighted by molar-refractivity contribution is 5.12. The first-order valence-corrected chi connectivity index (χ1v) is 4.84. The van der Waals surface area contributed by atoms with Crippen LogP contribution in [0.15, 0.2) is 12.4 Å². The first-order chi connectivity index (χ1) is 6.09. The summed E-state index contributed by atoms with van der Waals surface area (Å²) in [6.45, 7) is 4.20. The van der Waals surface area contributed by atoms with E-state index in [9.17, 15) is 5.11 Å². The van der Waals surface area contributed by atoms with Gasteiger partial charge in [0.05, 0.1) is 11.8 Å². The SMILES string of the molecule is CC(C)n1cc(CC2(O)CC2)cn1. The molecule has 1 heterocycles. The summed E-state index contributed by atoms with van der Waals surface area (Å²) in [7, 11) is 0. The highest BCUT2D eigenvalue weighted by Gasteiger charge is 2.40. The monoisotopic (exact) mass is 180 g/mol. The highest BCUT2D eigenvalue weighted by Crippen LogP contribution is 2.38. The van der Waals surface area contributed by atoms with Crippen LogP contribution >= 0.6 is 0 Å². The van der Waals surface area contributed by atoms with Crippen molar-refractivity contribution in [3.8, 4) is 0 Å². The number of hydrogen-bond acceptors (Lipinski definition) is 2. The van der Waals surface area contributed by atoms with Crippen LogP contribution < -0.4 is 0 Å². The molecule has 1 aromatic rings. The Bertz CT molecular complexity index is 300. The van der Waals surface area contributed by atoms with Gasteiger partial charge in [0.15, 0.2) is 0 Å². The van der Waals surface area contributed by atoms with Crippen molar-refractivity contribution in [3.63, 3.8) is 0 Å². The quantitative estimate of drug-likeness (QED) is 0.766. The first kappa shape index (κ1) is 8.75. The molecule has 1 N–H and O–H groups in total. The Morgan fingerprint density at radius 2 is 2.31 bits per heavy atom. The number of aromatic nitrogens is 2. The first-order valence-electron chi connectivity index (χ1n) is 4.84. The van der Waals surface area contributed by atoms with Gasteiger partial charge in [0.25, 0.3) is 0 Å². The van der Waals surface area contributed by atoms with Gasteiger partial charge in [-0.05, 0) is 32.3 Å². The van der Waals surface area contributed by atoms with Gasteiger partial charge in [-0.2, -0.15) is 5.10 Å². The second kappa shape index (κ2) is 2.84. The maximum atomic E-state index is 9.69. The third kappa shape index (κ3) is 1.91. The van der Waals surface area contributed by atoms with Crippen LogP contribution in [-0.4, -0.2) is 20.5 Å². The van der Waals surface area contributed by atoms with Gasteiger partial charge in [0.2, 0.25) is 0 Å². The van der Waals surface area contributed by atoms with Crippen molar-refractivity contribution in [2.75, 3.05) is 0 Å². The predicted molar refractivity (Wildman–Crippen MR) is 50.5 cm³/mol. The van der Waals surface area contributed by atoms with Crippen molar-refractivity contribution in [1.82, 2.24) is 9.78 Å². The molecule has 0 unspecified atom stereocenters. The fourth-order valence-electron chi connectivity index (χ4n) is 1.45. The average molecular weight is 180 g/mol. The van der Waals surface area contributed by atoms with Crippen LogP contribution in [0.5, 0.6) is 0 Å². The van der Waals surface area contributed by atoms with Gasteiger partial charge in [-0.15, -0.1) is 0 Å². The highest BCUT2D eigenvalue weighted by atomic mass is 16.3. The molecule has 1 fully saturated rings. The smallest absolute Gasteiger partial charge is 0.0691 e. The van der Waals surface area contributed by atoms with Gasteiger partial charge in [0.1, 0.15) is 0 Å². The molecule has 13 heavy (non-hydrogen) atoms. The van der Waals surface area contributed by atoms with Gasteiger partial charge in [-0.3, -0.25) is 4.68 Å². The number of nitrogens with zero attached hydrogens (tertiary/aromatic N) is 2. The molecular formula is C10H16N2O. The zero-order chi connectivity index (χ0) is 9.47. The minimum Gasteiger partial charge on any atom is -0.390 e. The van der Waals surface area contributed by atoms with Crippen LogP contribution in [0.25, 0.3) is 0 Å². The molecule has 72 valence electrons. The molecule has 3 heteroatoms. The standard InChI is InChI=1S/C10H16N2O/c1-8(2)12-7-9(6-11-12)5-10(13)3-4-10/h6-8,13H,3-5H2,1-2H3. The van der Waals surface area contributed by atoms with E-state index in [-0.39, 0.29) is 0 Å². The lowest BCUT2D eigenvalue weighted by molar-refractivity contribution is 0.151. The van der Waals surface area contributed by atoms with Gasteiger partial charge >= 0.3 is 0 Å². The van der Waals surface area contributed by atoms with E-state index < -0.39 is 5.60 Å². The molecule has 3 nitrogen and oxygen atoms in total. The number of hydrogen-bond donors (Lipinski definition) is 1. The lowest BCUT2D eigenvalue weighted by atomic mass is 10.1. The van der Waals surface area contributed by atoms with E-state index in [1.54, 1.807) is 0 Å². The molecule has 0 atom stereocenters. The normalized spacial score (nSPS) is 19.4. The van der Waals surface area contributed by atoms with Crippen molar-refractivity contribution in [3.05, 3.63) is 18.0 Å². The Labute approximate surface area is 78.4 Å². The van der Waals surface area contributed by atoms with E-state index in [0.717, 1.165) is 24.8 Å². The van der Waals surface area contributed by atoms with E-state index in [2.05, 4.69) is 18.9 Å². The molecule has 1 aliphatic carbocycles. The van der Waals surface area contributed by atoms with Gasteiger partial charge < -0.3 is 5.11 Å². The largest absolute Gasteiger partial charge is 0.390 e. The Balaban J connectivity index is 2.05. The topological polar surface area (TPSA) is 38.0 Å². The van der Waals surface area contributed by atoms with Crippen LogP contribution in [-0.2, 0) is 6.42 Å². The van der Waals surface area contributed by atoms with Crippen molar-refractivity contribution >= 4 is 0 Å². The van der Waals surface area contributed by atoms with E-state index in [1.165, 1.54) is 0 Å². The number of aliphatic hydroxyl groups is 1. The predicted octanol–water partition coefficient (Wildman–Crippen LogP) is 1.53. The Kier molecular flexibility index (Phi) is 1.91. The molecule has 2 rings (SSSR count). The van der Waals surface area contributed by atoms with Gasteiger partial charge in [-0.1, -0.05) is 0 Å². The minimum atomic E-state index is -0.398. The van der Waals surface area contributed by atoms with Crippen LogP contribution in [0.2, 0.25) is 0 Å². The summed E-state index contributed by atoms with van der Waals surface area (Å²) in [5.74, 6) is 0. The van der Waals surface area contributed by atoms with Crippen molar-refractivity contribution < 1.29 is 5.11 Å². The van der Waals surface area contributed by atoms with Crippen molar-refractivity contribution in [2.45, 2.75) is 44.8 Å². The molecule has 1 aliphatic rings. The average Bonchev–Trinajstić information content (AvgIpc) is 2.62. The zero-order valence-corrected chi connectivity index (χ0v) is 8.20. The summed E-state index contributed by atoms with van der Waals surface area (Å²) in [6.07, 6.45) is 6.54. The van der Waals surface area contributed by atoms with Gasteiger partial charge in [-0.25, -0.2) is 0 Å². The van der Waals surface area contributed by atoms with Gasteiger partial charge in [0, 0.05) is 18.7 Å². The Morgan fingerprint density at radius 1 is 1.62 bits per heavy atom. The van der Waals surface area contributed by atoms with Crippen molar-refractivity contribution in [2.24, 2.45) is 0 Å². The van der Waals surface area contributed by atoms with Crippen molar-refractivity contribution in [1.29, 1.82) is 0 Å². The third-order valence-corrected chi connectivity index (χ3v) is 2.54. The maximum absolute atomic E-state index is 9.69. The molecule has 0 bridgehead atoms.